The van der Waals surface area contributed by atoms with Crippen LogP contribution in [0, 0.1) is 0 Å². The van der Waals surface area contributed by atoms with Crippen molar-refractivity contribution in [1.82, 2.24) is 9.80 Å². The van der Waals surface area contributed by atoms with E-state index in [2.05, 4.69) is 4.90 Å². The van der Waals surface area contributed by atoms with Gasteiger partial charge in [-0.1, -0.05) is 12.1 Å². The normalized spacial score (nSPS) is 14.4. The molecule has 3 rings (SSSR count). The standard InChI is InChI=1S/C22H28N2O5/c1-26-19-7-5-4-6-18(19)22(25)24-12-10-23(11-13-24)14-15-29-17-8-9-20(27-2)21(16-17)28-3/h4-9,16H,10-15H2,1-3H3. The summed E-state index contributed by atoms with van der Waals surface area (Å²) in [6.07, 6.45) is 0. The first-order valence-corrected chi connectivity index (χ1v) is 9.65. The van der Waals surface area contributed by atoms with Crippen molar-refractivity contribution in [3.8, 4) is 23.0 Å². The fraction of sp³-hybridized carbons (Fsp3) is 0.409. The molecule has 1 aliphatic heterocycles. The van der Waals surface area contributed by atoms with Crippen LogP contribution in [0.4, 0.5) is 0 Å². The minimum atomic E-state index is 0.0173. The van der Waals surface area contributed by atoms with Crippen molar-refractivity contribution in [2.24, 2.45) is 0 Å². The van der Waals surface area contributed by atoms with E-state index in [0.717, 1.165) is 25.4 Å². The van der Waals surface area contributed by atoms with Gasteiger partial charge in [-0.25, -0.2) is 0 Å². The Morgan fingerprint density at radius 2 is 1.55 bits per heavy atom. The van der Waals surface area contributed by atoms with Gasteiger partial charge in [0, 0.05) is 38.8 Å². The Bertz CT molecular complexity index is 819. The fourth-order valence-electron chi connectivity index (χ4n) is 3.37. The molecule has 0 bridgehead atoms. The number of piperazine rings is 1. The van der Waals surface area contributed by atoms with Gasteiger partial charge in [-0.3, -0.25) is 9.69 Å². The Labute approximate surface area is 171 Å². The Morgan fingerprint density at radius 1 is 0.862 bits per heavy atom. The molecule has 29 heavy (non-hydrogen) atoms. The second-order valence-electron chi connectivity index (χ2n) is 6.70. The molecule has 0 aromatic heterocycles. The molecule has 0 aliphatic carbocycles. The second-order valence-corrected chi connectivity index (χ2v) is 6.70. The lowest BCUT2D eigenvalue weighted by atomic mass is 10.1. The molecular formula is C22H28N2O5. The third-order valence-corrected chi connectivity index (χ3v) is 5.03. The summed E-state index contributed by atoms with van der Waals surface area (Å²) in [5.41, 5.74) is 0.611. The van der Waals surface area contributed by atoms with E-state index in [4.69, 9.17) is 18.9 Å². The van der Waals surface area contributed by atoms with Crippen LogP contribution >= 0.6 is 0 Å². The van der Waals surface area contributed by atoms with E-state index >= 15 is 0 Å². The molecule has 0 spiro atoms. The zero-order chi connectivity index (χ0) is 20.6. The van der Waals surface area contributed by atoms with E-state index < -0.39 is 0 Å². The molecule has 1 saturated heterocycles. The maximum Gasteiger partial charge on any atom is 0.257 e. The van der Waals surface area contributed by atoms with Crippen LogP contribution in [0.1, 0.15) is 10.4 Å². The maximum absolute atomic E-state index is 12.8. The summed E-state index contributed by atoms with van der Waals surface area (Å²) in [7, 11) is 4.80. The molecule has 1 heterocycles. The monoisotopic (exact) mass is 400 g/mol. The zero-order valence-corrected chi connectivity index (χ0v) is 17.2. The number of nitrogens with zero attached hydrogens (tertiary/aromatic N) is 2. The van der Waals surface area contributed by atoms with Gasteiger partial charge in [-0.15, -0.1) is 0 Å². The first kappa shape index (κ1) is 20.8. The lowest BCUT2D eigenvalue weighted by Crippen LogP contribution is -2.49. The first-order valence-electron chi connectivity index (χ1n) is 9.65. The summed E-state index contributed by atoms with van der Waals surface area (Å²) in [5.74, 6) is 2.70. The van der Waals surface area contributed by atoms with Gasteiger partial charge in [-0.2, -0.15) is 0 Å². The highest BCUT2D eigenvalue weighted by molar-refractivity contribution is 5.97. The number of hydrogen-bond donors (Lipinski definition) is 0. The zero-order valence-electron chi connectivity index (χ0n) is 17.2. The summed E-state index contributed by atoms with van der Waals surface area (Å²) < 4.78 is 21.7. The number of amides is 1. The molecule has 1 aliphatic rings. The molecule has 7 heteroatoms. The summed E-state index contributed by atoms with van der Waals surface area (Å²) in [5, 5.41) is 0. The Morgan fingerprint density at radius 3 is 2.24 bits per heavy atom. The highest BCUT2D eigenvalue weighted by Crippen LogP contribution is 2.30. The van der Waals surface area contributed by atoms with E-state index in [-0.39, 0.29) is 5.91 Å². The van der Waals surface area contributed by atoms with E-state index in [9.17, 15) is 4.79 Å². The van der Waals surface area contributed by atoms with Crippen LogP contribution in [0.15, 0.2) is 42.5 Å². The number of para-hydroxylation sites is 1. The quantitative estimate of drug-likeness (QED) is 0.679. The average Bonchev–Trinajstić information content (AvgIpc) is 2.78. The van der Waals surface area contributed by atoms with Crippen LogP contribution in [-0.2, 0) is 0 Å². The van der Waals surface area contributed by atoms with Crippen LogP contribution in [-0.4, -0.2) is 76.4 Å². The predicted molar refractivity (Wildman–Crippen MR) is 110 cm³/mol. The van der Waals surface area contributed by atoms with Crippen molar-refractivity contribution in [2.75, 3.05) is 60.7 Å². The Kier molecular flexibility index (Phi) is 7.19. The van der Waals surface area contributed by atoms with Crippen molar-refractivity contribution >= 4 is 5.91 Å². The van der Waals surface area contributed by atoms with Crippen LogP contribution < -0.4 is 18.9 Å². The van der Waals surface area contributed by atoms with Crippen molar-refractivity contribution in [2.45, 2.75) is 0 Å². The van der Waals surface area contributed by atoms with Gasteiger partial charge >= 0.3 is 0 Å². The molecule has 0 saturated carbocycles. The second kappa shape index (κ2) is 10.0. The first-order chi connectivity index (χ1) is 14.2. The van der Waals surface area contributed by atoms with E-state index in [1.807, 2.05) is 47.4 Å². The number of rotatable bonds is 8. The number of ether oxygens (including phenoxy) is 4. The van der Waals surface area contributed by atoms with E-state index in [0.29, 0.717) is 42.5 Å². The van der Waals surface area contributed by atoms with E-state index in [1.54, 1.807) is 21.3 Å². The van der Waals surface area contributed by atoms with Crippen molar-refractivity contribution < 1.29 is 23.7 Å². The van der Waals surface area contributed by atoms with Gasteiger partial charge in [0.05, 0.1) is 26.9 Å². The summed E-state index contributed by atoms with van der Waals surface area (Å²) in [4.78, 5) is 17.0. The summed E-state index contributed by atoms with van der Waals surface area (Å²) in [6.45, 7) is 4.37. The summed E-state index contributed by atoms with van der Waals surface area (Å²) >= 11 is 0. The number of methoxy groups -OCH3 is 3. The van der Waals surface area contributed by atoms with Gasteiger partial charge in [0.2, 0.25) is 0 Å². The molecule has 2 aromatic rings. The molecule has 1 amide bonds. The molecular weight excluding hydrogens is 372 g/mol. The number of carbonyl (C=O) groups excluding carboxylic acids is 1. The van der Waals surface area contributed by atoms with Crippen LogP contribution in [0.25, 0.3) is 0 Å². The van der Waals surface area contributed by atoms with Gasteiger partial charge in [0.25, 0.3) is 5.91 Å². The molecule has 0 unspecified atom stereocenters. The van der Waals surface area contributed by atoms with Crippen LogP contribution in [0.5, 0.6) is 23.0 Å². The van der Waals surface area contributed by atoms with Crippen molar-refractivity contribution in [3.63, 3.8) is 0 Å². The average molecular weight is 400 g/mol. The molecule has 2 aromatic carbocycles. The van der Waals surface area contributed by atoms with Gasteiger partial charge in [0.1, 0.15) is 18.1 Å². The molecule has 0 atom stereocenters. The van der Waals surface area contributed by atoms with Crippen molar-refractivity contribution in [3.05, 3.63) is 48.0 Å². The fourth-order valence-corrected chi connectivity index (χ4v) is 3.37. The van der Waals surface area contributed by atoms with Crippen LogP contribution in [0.2, 0.25) is 0 Å². The predicted octanol–water partition coefficient (Wildman–Crippen LogP) is 2.55. The minimum Gasteiger partial charge on any atom is -0.496 e. The molecule has 156 valence electrons. The molecule has 1 fully saturated rings. The molecule has 0 radical (unpaired) electrons. The van der Waals surface area contributed by atoms with Gasteiger partial charge < -0.3 is 23.8 Å². The number of carbonyl (C=O) groups is 1. The number of hydrogen-bond acceptors (Lipinski definition) is 6. The van der Waals surface area contributed by atoms with Gasteiger partial charge in [0.15, 0.2) is 11.5 Å². The maximum atomic E-state index is 12.8. The highest BCUT2D eigenvalue weighted by atomic mass is 16.5. The van der Waals surface area contributed by atoms with Gasteiger partial charge in [-0.05, 0) is 24.3 Å². The Hall–Kier alpha value is -2.93. The highest BCUT2D eigenvalue weighted by Gasteiger charge is 2.24. The van der Waals surface area contributed by atoms with E-state index in [1.165, 1.54) is 0 Å². The largest absolute Gasteiger partial charge is 0.496 e. The third kappa shape index (κ3) is 5.12. The molecule has 0 N–H and O–H groups in total. The summed E-state index contributed by atoms with van der Waals surface area (Å²) in [6, 6.07) is 12.9. The lowest BCUT2D eigenvalue weighted by molar-refractivity contribution is 0.0617. The minimum absolute atomic E-state index is 0.0173. The lowest BCUT2D eigenvalue weighted by Gasteiger charge is -2.34. The van der Waals surface area contributed by atoms with Crippen molar-refractivity contribution in [1.29, 1.82) is 0 Å². The number of benzene rings is 2. The smallest absolute Gasteiger partial charge is 0.257 e. The third-order valence-electron chi connectivity index (χ3n) is 5.03. The topological polar surface area (TPSA) is 60.5 Å². The molecule has 7 nitrogen and oxygen atoms in total. The van der Waals surface area contributed by atoms with Crippen LogP contribution in [0.3, 0.4) is 0 Å². The SMILES string of the molecule is COc1ccc(OCCN2CCN(C(=O)c3ccccc3OC)CC2)cc1OC. The Balaban J connectivity index is 1.46.